The van der Waals surface area contributed by atoms with Crippen molar-refractivity contribution < 1.29 is 9.53 Å². The van der Waals surface area contributed by atoms with E-state index in [0.717, 1.165) is 32.8 Å². The summed E-state index contributed by atoms with van der Waals surface area (Å²) in [4.78, 5) is 18.1. The highest BCUT2D eigenvalue weighted by molar-refractivity contribution is 7.12. The van der Waals surface area contributed by atoms with Crippen LogP contribution in [-0.2, 0) is 4.79 Å². The third-order valence-corrected chi connectivity index (χ3v) is 5.86. The van der Waals surface area contributed by atoms with Crippen molar-refractivity contribution in [3.8, 4) is 5.75 Å². The highest BCUT2D eigenvalue weighted by atomic mass is 35.5. The van der Waals surface area contributed by atoms with Gasteiger partial charge in [0, 0.05) is 29.9 Å². The predicted molar refractivity (Wildman–Crippen MR) is 109 cm³/mol. The lowest BCUT2D eigenvalue weighted by Crippen LogP contribution is -2.26. The van der Waals surface area contributed by atoms with Gasteiger partial charge in [-0.15, -0.1) is 11.3 Å². The Balaban J connectivity index is 1.76. The van der Waals surface area contributed by atoms with Gasteiger partial charge in [-0.2, -0.15) is 5.10 Å². The number of methoxy groups -OCH3 is 1. The largest absolute Gasteiger partial charge is 0.497 e. The standard InChI is InChI=1S/C20H18ClN3O2S/c1-3-19(25)24-17(11-16(23-24)18-5-4-8-27-18)14-9-12-6-7-13(26-2)10-15(12)22-20(14)21/h4-10,17H,3,11H2,1-2H3. The van der Waals surface area contributed by atoms with Gasteiger partial charge in [0.2, 0.25) is 5.91 Å². The number of amides is 1. The van der Waals surface area contributed by atoms with Crippen LogP contribution in [0, 0.1) is 0 Å². The van der Waals surface area contributed by atoms with Gasteiger partial charge in [-0.05, 0) is 29.6 Å². The Bertz CT molecular complexity index is 1030. The number of halogens is 1. The number of benzene rings is 1. The molecule has 1 atom stereocenters. The van der Waals surface area contributed by atoms with Gasteiger partial charge < -0.3 is 4.74 Å². The quantitative estimate of drug-likeness (QED) is 0.577. The first-order chi connectivity index (χ1) is 13.1. The Kier molecular flexibility index (Phi) is 4.85. The summed E-state index contributed by atoms with van der Waals surface area (Å²) in [5, 5.41) is 9.52. The highest BCUT2D eigenvalue weighted by Crippen LogP contribution is 2.38. The zero-order chi connectivity index (χ0) is 19.0. The van der Waals surface area contributed by atoms with Gasteiger partial charge in [0.05, 0.1) is 29.3 Å². The van der Waals surface area contributed by atoms with E-state index in [1.165, 1.54) is 0 Å². The molecule has 1 amide bonds. The lowest BCUT2D eigenvalue weighted by molar-refractivity contribution is -0.132. The number of thiophene rings is 1. The van der Waals surface area contributed by atoms with Gasteiger partial charge in [0.1, 0.15) is 10.9 Å². The number of carbonyl (C=O) groups is 1. The van der Waals surface area contributed by atoms with Gasteiger partial charge in [0.15, 0.2) is 0 Å². The van der Waals surface area contributed by atoms with Crippen LogP contribution in [-0.4, -0.2) is 28.7 Å². The minimum absolute atomic E-state index is 0.0301. The number of carbonyl (C=O) groups excluding carboxylic acids is 1. The number of rotatable bonds is 4. The van der Waals surface area contributed by atoms with E-state index in [1.54, 1.807) is 23.5 Å². The van der Waals surface area contributed by atoms with Crippen molar-refractivity contribution in [3.05, 3.63) is 57.4 Å². The summed E-state index contributed by atoms with van der Waals surface area (Å²) in [7, 11) is 1.62. The van der Waals surface area contributed by atoms with Crippen LogP contribution < -0.4 is 4.74 Å². The van der Waals surface area contributed by atoms with Crippen LogP contribution in [0.1, 0.15) is 36.2 Å². The molecule has 138 valence electrons. The summed E-state index contributed by atoms with van der Waals surface area (Å²) < 4.78 is 5.26. The Labute approximate surface area is 166 Å². The molecule has 4 rings (SSSR count). The number of hydrazone groups is 1. The molecule has 0 radical (unpaired) electrons. The molecular weight excluding hydrogens is 382 g/mol. The second-order valence-electron chi connectivity index (χ2n) is 6.26. The summed E-state index contributed by atoms with van der Waals surface area (Å²) >= 11 is 8.14. The van der Waals surface area contributed by atoms with Crippen molar-refractivity contribution in [2.24, 2.45) is 5.10 Å². The van der Waals surface area contributed by atoms with Gasteiger partial charge in [-0.25, -0.2) is 9.99 Å². The van der Waals surface area contributed by atoms with Crippen LogP contribution in [0.5, 0.6) is 5.75 Å². The maximum Gasteiger partial charge on any atom is 0.242 e. The fourth-order valence-corrected chi connectivity index (χ4v) is 4.23. The van der Waals surface area contributed by atoms with Crippen LogP contribution in [0.25, 0.3) is 10.9 Å². The van der Waals surface area contributed by atoms with E-state index in [-0.39, 0.29) is 11.9 Å². The third kappa shape index (κ3) is 3.31. The Morgan fingerprint density at radius 2 is 2.22 bits per heavy atom. The van der Waals surface area contributed by atoms with Gasteiger partial charge in [-0.1, -0.05) is 24.6 Å². The number of hydrogen-bond donors (Lipinski definition) is 0. The molecule has 0 bridgehead atoms. The molecule has 1 aliphatic rings. The number of pyridine rings is 1. The van der Waals surface area contributed by atoms with Crippen molar-refractivity contribution in [1.29, 1.82) is 0 Å². The van der Waals surface area contributed by atoms with E-state index < -0.39 is 0 Å². The first kappa shape index (κ1) is 17.9. The predicted octanol–water partition coefficient (Wildman–Crippen LogP) is 5.05. The first-order valence-corrected chi connectivity index (χ1v) is 9.94. The molecular formula is C20H18ClN3O2S. The molecule has 1 unspecified atom stereocenters. The third-order valence-electron chi connectivity index (χ3n) is 4.64. The molecule has 1 aliphatic heterocycles. The van der Waals surface area contributed by atoms with E-state index in [9.17, 15) is 4.79 Å². The van der Waals surface area contributed by atoms with Crippen molar-refractivity contribution in [3.63, 3.8) is 0 Å². The topological polar surface area (TPSA) is 54.8 Å². The van der Waals surface area contributed by atoms with Gasteiger partial charge in [-0.3, -0.25) is 4.79 Å². The van der Waals surface area contributed by atoms with Crippen molar-refractivity contribution >= 4 is 45.5 Å². The molecule has 2 aromatic heterocycles. The number of ether oxygens (including phenoxy) is 1. The van der Waals surface area contributed by atoms with Gasteiger partial charge in [0.25, 0.3) is 0 Å². The van der Waals surface area contributed by atoms with E-state index in [1.807, 2.05) is 48.7 Å². The fourth-order valence-electron chi connectivity index (χ4n) is 3.24. The molecule has 0 N–H and O–H groups in total. The van der Waals surface area contributed by atoms with E-state index in [4.69, 9.17) is 16.3 Å². The molecule has 0 spiro atoms. The smallest absolute Gasteiger partial charge is 0.242 e. The number of aromatic nitrogens is 1. The molecule has 7 heteroatoms. The minimum atomic E-state index is -0.249. The minimum Gasteiger partial charge on any atom is -0.497 e. The molecule has 3 aromatic rings. The van der Waals surface area contributed by atoms with E-state index >= 15 is 0 Å². The maximum absolute atomic E-state index is 12.5. The zero-order valence-corrected chi connectivity index (χ0v) is 16.5. The van der Waals surface area contributed by atoms with Crippen molar-refractivity contribution in [1.82, 2.24) is 9.99 Å². The molecule has 0 saturated heterocycles. The monoisotopic (exact) mass is 399 g/mol. The molecule has 0 aliphatic carbocycles. The Hall–Kier alpha value is -2.44. The SMILES string of the molecule is CCC(=O)N1N=C(c2cccs2)CC1c1cc2ccc(OC)cc2nc1Cl. The molecule has 27 heavy (non-hydrogen) atoms. The zero-order valence-electron chi connectivity index (χ0n) is 15.0. The van der Waals surface area contributed by atoms with Crippen LogP contribution in [0.15, 0.2) is 46.9 Å². The fraction of sp³-hybridized carbons (Fsp3) is 0.250. The lowest BCUT2D eigenvalue weighted by atomic mass is 10.0. The average molecular weight is 400 g/mol. The summed E-state index contributed by atoms with van der Waals surface area (Å²) in [6.07, 6.45) is 1.00. The van der Waals surface area contributed by atoms with Gasteiger partial charge >= 0.3 is 0 Å². The first-order valence-electron chi connectivity index (χ1n) is 8.68. The van der Waals surface area contributed by atoms with Crippen molar-refractivity contribution in [2.75, 3.05) is 7.11 Å². The second-order valence-corrected chi connectivity index (χ2v) is 7.57. The molecule has 1 aromatic carbocycles. The normalized spacial score (nSPS) is 16.6. The van der Waals surface area contributed by atoms with E-state index in [0.29, 0.717) is 18.0 Å². The maximum atomic E-state index is 12.5. The summed E-state index contributed by atoms with van der Waals surface area (Å²) in [5.74, 6) is 0.697. The lowest BCUT2D eigenvalue weighted by Gasteiger charge is -2.22. The van der Waals surface area contributed by atoms with Crippen LogP contribution in [0.2, 0.25) is 5.15 Å². The summed E-state index contributed by atoms with van der Waals surface area (Å²) in [6.45, 7) is 1.84. The Morgan fingerprint density at radius 1 is 1.37 bits per heavy atom. The van der Waals surface area contributed by atoms with Crippen LogP contribution in [0.3, 0.4) is 0 Å². The molecule has 5 nitrogen and oxygen atoms in total. The number of fused-ring (bicyclic) bond motifs is 1. The number of hydrogen-bond acceptors (Lipinski definition) is 5. The Morgan fingerprint density at radius 3 is 2.93 bits per heavy atom. The molecule has 0 fully saturated rings. The van der Waals surface area contributed by atoms with Crippen LogP contribution in [0.4, 0.5) is 0 Å². The number of nitrogens with zero attached hydrogens (tertiary/aromatic N) is 3. The van der Waals surface area contributed by atoms with E-state index in [2.05, 4.69) is 10.1 Å². The second kappa shape index (κ2) is 7.29. The molecule has 3 heterocycles. The van der Waals surface area contributed by atoms with Crippen molar-refractivity contribution in [2.45, 2.75) is 25.8 Å². The summed E-state index contributed by atoms with van der Waals surface area (Å²) in [5.41, 5.74) is 2.47. The summed E-state index contributed by atoms with van der Waals surface area (Å²) in [6, 6.07) is 11.4. The molecule has 0 saturated carbocycles. The van der Waals surface area contributed by atoms with Crippen LogP contribution >= 0.6 is 22.9 Å². The average Bonchev–Trinajstić information content (AvgIpc) is 3.36. The highest BCUT2D eigenvalue weighted by Gasteiger charge is 2.34.